The lowest BCUT2D eigenvalue weighted by atomic mass is 10.1. The number of thiazole rings is 1. The van der Waals surface area contributed by atoms with Crippen molar-refractivity contribution in [1.82, 2.24) is 4.98 Å². The van der Waals surface area contributed by atoms with Gasteiger partial charge in [0.05, 0.1) is 19.3 Å². The second-order valence-corrected chi connectivity index (χ2v) is 9.50. The van der Waals surface area contributed by atoms with Gasteiger partial charge >= 0.3 is 11.9 Å². The number of rotatable bonds is 8. The Morgan fingerprint density at radius 1 is 1.03 bits per heavy atom. The molecule has 0 saturated heterocycles. The number of esters is 2. The summed E-state index contributed by atoms with van der Waals surface area (Å²) in [6.45, 7) is 5.46. The van der Waals surface area contributed by atoms with Crippen molar-refractivity contribution in [2.45, 2.75) is 20.8 Å². The van der Waals surface area contributed by atoms with Gasteiger partial charge in [0.1, 0.15) is 14.8 Å². The zero-order chi connectivity index (χ0) is 25.0. The van der Waals surface area contributed by atoms with Gasteiger partial charge in [0, 0.05) is 19.8 Å². The smallest absolute Gasteiger partial charge is 0.348 e. The molecule has 0 radical (unpaired) electrons. The number of thiophene rings is 1. The minimum atomic E-state index is -0.624. The van der Waals surface area contributed by atoms with Gasteiger partial charge in [-0.1, -0.05) is 29.0 Å². The van der Waals surface area contributed by atoms with Crippen molar-refractivity contribution in [3.63, 3.8) is 0 Å². The largest absolute Gasteiger partial charge is 0.465 e. The molecule has 11 heteroatoms. The van der Waals surface area contributed by atoms with Crippen LogP contribution in [-0.4, -0.2) is 50.6 Å². The van der Waals surface area contributed by atoms with E-state index < -0.39 is 17.8 Å². The normalized spacial score (nSPS) is 10.5. The Balaban J connectivity index is 1.95. The number of nitrogens with one attached hydrogen (secondary N) is 2. The highest BCUT2D eigenvalue weighted by Gasteiger charge is 2.29. The summed E-state index contributed by atoms with van der Waals surface area (Å²) in [6.07, 6.45) is 0. The number of nitrogens with zero attached hydrogens (tertiary/aromatic N) is 2. The standard InChI is InChI=1S/C23H26N4O5S2/c1-7-32-21(29)15-13(3)16(22(30)31-6)33-20(15)26-19(28)17-18(27(4)5)25-23(34-17)24-14-10-8-12(2)9-11-14/h8-11H,7H2,1-6H3,(H,24,25)(H,26,28). The number of hydrogen-bond donors (Lipinski definition) is 2. The molecule has 0 aliphatic rings. The third-order valence-corrected chi connectivity index (χ3v) is 6.91. The van der Waals surface area contributed by atoms with Crippen LogP contribution in [0.15, 0.2) is 24.3 Å². The predicted octanol–water partition coefficient (Wildman–Crippen LogP) is 4.85. The molecule has 0 saturated carbocycles. The van der Waals surface area contributed by atoms with E-state index in [1.807, 2.05) is 31.2 Å². The molecule has 0 fully saturated rings. The summed E-state index contributed by atoms with van der Waals surface area (Å²) in [5, 5.41) is 6.75. The summed E-state index contributed by atoms with van der Waals surface area (Å²) >= 11 is 2.15. The Hall–Kier alpha value is -3.44. The third-order valence-electron chi connectivity index (χ3n) is 4.77. The molecule has 0 aliphatic heterocycles. The van der Waals surface area contributed by atoms with Crippen LogP contribution in [0.25, 0.3) is 0 Å². The molecule has 9 nitrogen and oxygen atoms in total. The van der Waals surface area contributed by atoms with Crippen molar-refractivity contribution in [2.24, 2.45) is 0 Å². The molecule has 3 aromatic rings. The van der Waals surface area contributed by atoms with E-state index in [0.29, 0.717) is 21.4 Å². The van der Waals surface area contributed by atoms with Crippen molar-refractivity contribution in [1.29, 1.82) is 0 Å². The summed E-state index contributed by atoms with van der Waals surface area (Å²) in [7, 11) is 4.83. The highest BCUT2D eigenvalue weighted by molar-refractivity contribution is 7.19. The van der Waals surface area contributed by atoms with Gasteiger partial charge in [0.15, 0.2) is 10.9 Å². The minimum absolute atomic E-state index is 0.134. The summed E-state index contributed by atoms with van der Waals surface area (Å²) in [4.78, 5) is 44.9. The second kappa shape index (κ2) is 10.7. The lowest BCUT2D eigenvalue weighted by molar-refractivity contribution is 0.0527. The van der Waals surface area contributed by atoms with Crippen LogP contribution in [-0.2, 0) is 9.47 Å². The van der Waals surface area contributed by atoms with E-state index in [1.165, 1.54) is 18.4 Å². The van der Waals surface area contributed by atoms with Crippen LogP contribution in [0.3, 0.4) is 0 Å². The van der Waals surface area contributed by atoms with Crippen LogP contribution in [0.5, 0.6) is 0 Å². The lowest BCUT2D eigenvalue weighted by Crippen LogP contribution is -2.18. The van der Waals surface area contributed by atoms with Crippen LogP contribution in [0.2, 0.25) is 0 Å². The number of aromatic nitrogens is 1. The maximum absolute atomic E-state index is 13.3. The van der Waals surface area contributed by atoms with Crippen molar-refractivity contribution >= 4 is 62.2 Å². The molecule has 1 amide bonds. The fourth-order valence-corrected chi connectivity index (χ4v) is 5.14. The Morgan fingerprint density at radius 2 is 1.71 bits per heavy atom. The van der Waals surface area contributed by atoms with Crippen molar-refractivity contribution in [3.8, 4) is 0 Å². The molecule has 0 spiro atoms. The number of amides is 1. The van der Waals surface area contributed by atoms with Gasteiger partial charge in [-0.2, -0.15) is 0 Å². The molecule has 0 atom stereocenters. The number of ether oxygens (including phenoxy) is 2. The number of hydrogen-bond acceptors (Lipinski definition) is 10. The second-order valence-electron chi connectivity index (χ2n) is 7.48. The minimum Gasteiger partial charge on any atom is -0.465 e. The molecule has 34 heavy (non-hydrogen) atoms. The highest BCUT2D eigenvalue weighted by atomic mass is 32.1. The van der Waals surface area contributed by atoms with E-state index in [0.717, 1.165) is 22.6 Å². The van der Waals surface area contributed by atoms with Crippen molar-refractivity contribution < 1.29 is 23.9 Å². The van der Waals surface area contributed by atoms with Gasteiger partial charge in [0.2, 0.25) is 0 Å². The summed E-state index contributed by atoms with van der Waals surface area (Å²) in [5.41, 5.74) is 2.51. The number of carbonyl (C=O) groups is 3. The predicted molar refractivity (Wildman–Crippen MR) is 135 cm³/mol. The summed E-state index contributed by atoms with van der Waals surface area (Å²) < 4.78 is 9.96. The molecule has 2 aromatic heterocycles. The van der Waals surface area contributed by atoms with E-state index in [1.54, 1.807) is 32.8 Å². The van der Waals surface area contributed by atoms with Crippen LogP contribution in [0, 0.1) is 13.8 Å². The topological polar surface area (TPSA) is 110 Å². The Bertz CT molecular complexity index is 1210. The molecule has 1 aromatic carbocycles. The number of benzene rings is 1. The average Bonchev–Trinajstić information content (AvgIpc) is 3.36. The maximum Gasteiger partial charge on any atom is 0.348 e. The third kappa shape index (κ3) is 5.37. The van der Waals surface area contributed by atoms with Crippen LogP contribution in [0.1, 0.15) is 47.8 Å². The van der Waals surface area contributed by atoms with Gasteiger partial charge in [-0.05, 0) is 38.5 Å². The molecule has 2 heterocycles. The van der Waals surface area contributed by atoms with Gasteiger partial charge in [-0.15, -0.1) is 11.3 Å². The Kier molecular flexibility index (Phi) is 7.90. The summed E-state index contributed by atoms with van der Waals surface area (Å²) in [6, 6.07) is 7.82. The zero-order valence-electron chi connectivity index (χ0n) is 19.8. The molecular formula is C23H26N4O5S2. The van der Waals surface area contributed by atoms with Crippen LogP contribution in [0.4, 0.5) is 21.6 Å². The Labute approximate surface area is 205 Å². The van der Waals surface area contributed by atoms with E-state index in [9.17, 15) is 14.4 Å². The number of anilines is 4. The first-order valence-corrected chi connectivity index (χ1v) is 12.0. The first kappa shape index (κ1) is 25.2. The summed E-state index contributed by atoms with van der Waals surface area (Å²) in [5.74, 6) is -1.21. The molecule has 2 N–H and O–H groups in total. The van der Waals surface area contributed by atoms with Crippen LogP contribution < -0.4 is 15.5 Å². The zero-order valence-corrected chi connectivity index (χ0v) is 21.4. The SMILES string of the molecule is CCOC(=O)c1c(NC(=O)c2sc(Nc3ccc(C)cc3)nc2N(C)C)sc(C(=O)OC)c1C. The average molecular weight is 503 g/mol. The first-order valence-electron chi connectivity index (χ1n) is 10.4. The Morgan fingerprint density at radius 3 is 2.29 bits per heavy atom. The fraction of sp³-hybridized carbons (Fsp3) is 0.304. The molecule has 0 unspecified atom stereocenters. The highest BCUT2D eigenvalue weighted by Crippen LogP contribution is 2.36. The molecular weight excluding hydrogens is 476 g/mol. The maximum atomic E-state index is 13.3. The van der Waals surface area contributed by atoms with Gasteiger partial charge in [-0.25, -0.2) is 14.6 Å². The van der Waals surface area contributed by atoms with Gasteiger partial charge in [-0.3, -0.25) is 4.79 Å². The van der Waals surface area contributed by atoms with Crippen molar-refractivity contribution in [2.75, 3.05) is 43.3 Å². The molecule has 0 bridgehead atoms. The van der Waals surface area contributed by atoms with E-state index in [4.69, 9.17) is 9.47 Å². The van der Waals surface area contributed by atoms with Gasteiger partial charge < -0.3 is 25.0 Å². The van der Waals surface area contributed by atoms with Gasteiger partial charge in [0.25, 0.3) is 5.91 Å². The monoisotopic (exact) mass is 502 g/mol. The number of methoxy groups -OCH3 is 1. The quantitative estimate of drug-likeness (QED) is 0.421. The van der Waals surface area contributed by atoms with E-state index >= 15 is 0 Å². The molecule has 0 aliphatic carbocycles. The lowest BCUT2D eigenvalue weighted by Gasteiger charge is -2.11. The number of aryl methyl sites for hydroxylation is 1. The van der Waals surface area contributed by atoms with Crippen molar-refractivity contribution in [3.05, 3.63) is 50.7 Å². The van der Waals surface area contributed by atoms with Crippen LogP contribution >= 0.6 is 22.7 Å². The fourth-order valence-electron chi connectivity index (χ4n) is 3.07. The van der Waals surface area contributed by atoms with E-state index in [2.05, 4.69) is 15.6 Å². The molecule has 3 rings (SSSR count). The molecule has 180 valence electrons. The number of carbonyl (C=O) groups excluding carboxylic acids is 3. The van der Waals surface area contributed by atoms with E-state index in [-0.39, 0.29) is 22.0 Å². The first-order chi connectivity index (χ1) is 16.2.